The Hall–Kier alpha value is -1.65. The number of hydrogen-bond donors (Lipinski definition) is 0. The molecular weight excluding hydrogens is 308 g/mol. The van der Waals surface area contributed by atoms with Crippen molar-refractivity contribution in [1.82, 2.24) is 0 Å². The van der Waals surface area contributed by atoms with Crippen molar-refractivity contribution in [3.63, 3.8) is 0 Å². The molecule has 0 aliphatic heterocycles. The van der Waals surface area contributed by atoms with Crippen molar-refractivity contribution in [2.45, 2.75) is 19.3 Å². The van der Waals surface area contributed by atoms with Crippen molar-refractivity contribution < 1.29 is 14.3 Å². The van der Waals surface area contributed by atoms with E-state index in [1.807, 2.05) is 6.07 Å². The predicted molar refractivity (Wildman–Crippen MR) is 82.4 cm³/mol. The molecular formula is C16H13ClO3S. The van der Waals surface area contributed by atoms with Gasteiger partial charge in [0.2, 0.25) is 0 Å². The van der Waals surface area contributed by atoms with E-state index < -0.39 is 5.97 Å². The third-order valence-electron chi connectivity index (χ3n) is 3.45. The lowest BCUT2D eigenvalue weighted by Gasteiger charge is -2.03. The first-order valence-corrected chi connectivity index (χ1v) is 7.90. The molecule has 21 heavy (non-hydrogen) atoms. The zero-order valence-corrected chi connectivity index (χ0v) is 12.8. The van der Waals surface area contributed by atoms with Crippen molar-refractivity contribution >= 4 is 34.7 Å². The quantitative estimate of drug-likeness (QED) is 0.633. The molecule has 1 aliphatic rings. The van der Waals surface area contributed by atoms with Crippen LogP contribution >= 0.6 is 22.9 Å². The smallest absolute Gasteiger partial charge is 0.348 e. The summed E-state index contributed by atoms with van der Waals surface area (Å²) in [5, 5.41) is 0.566. The highest BCUT2D eigenvalue weighted by molar-refractivity contribution is 7.14. The molecule has 0 unspecified atom stereocenters. The summed E-state index contributed by atoms with van der Waals surface area (Å²) < 4.78 is 5.10. The Bertz CT molecular complexity index is 667. The number of ether oxygens (including phenoxy) is 1. The number of benzene rings is 1. The van der Waals surface area contributed by atoms with Gasteiger partial charge >= 0.3 is 5.97 Å². The number of Topliss-reactive ketones (excluding diaryl/α,β-unsaturated/α-hetero) is 1. The summed E-state index contributed by atoms with van der Waals surface area (Å²) in [7, 11) is 0. The van der Waals surface area contributed by atoms with Gasteiger partial charge in [0.25, 0.3) is 0 Å². The lowest BCUT2D eigenvalue weighted by Crippen LogP contribution is -2.13. The van der Waals surface area contributed by atoms with E-state index in [9.17, 15) is 9.59 Å². The molecule has 3 rings (SSSR count). The van der Waals surface area contributed by atoms with Gasteiger partial charge in [-0.1, -0.05) is 11.6 Å². The maximum atomic E-state index is 12.0. The molecule has 0 bridgehead atoms. The maximum Gasteiger partial charge on any atom is 0.348 e. The second-order valence-electron chi connectivity index (χ2n) is 4.92. The summed E-state index contributed by atoms with van der Waals surface area (Å²) in [5.74, 6) is -0.652. The molecule has 1 aromatic carbocycles. The molecule has 0 amide bonds. The predicted octanol–water partition coefficient (Wildman–Crippen LogP) is 3.93. The van der Waals surface area contributed by atoms with E-state index in [0.29, 0.717) is 15.5 Å². The van der Waals surface area contributed by atoms with Crippen molar-refractivity contribution in [1.29, 1.82) is 0 Å². The number of rotatable bonds is 4. The number of carbonyl (C=O) groups excluding carboxylic acids is 2. The van der Waals surface area contributed by atoms with Gasteiger partial charge in [0, 0.05) is 15.5 Å². The molecule has 0 saturated carbocycles. The van der Waals surface area contributed by atoms with Crippen LogP contribution in [-0.2, 0) is 17.6 Å². The van der Waals surface area contributed by atoms with Crippen molar-refractivity contribution in [3.8, 4) is 0 Å². The Kier molecular flexibility index (Phi) is 4.08. The third kappa shape index (κ3) is 3.17. The van der Waals surface area contributed by atoms with Crippen LogP contribution in [0.1, 0.15) is 36.9 Å². The molecule has 0 spiro atoms. The van der Waals surface area contributed by atoms with Gasteiger partial charge in [0.05, 0.1) is 0 Å². The summed E-state index contributed by atoms with van der Waals surface area (Å²) in [6, 6.07) is 8.42. The molecule has 0 atom stereocenters. The van der Waals surface area contributed by atoms with Gasteiger partial charge in [-0.25, -0.2) is 4.79 Å². The molecule has 0 saturated heterocycles. The first kappa shape index (κ1) is 14.3. The monoisotopic (exact) mass is 320 g/mol. The number of aryl methyl sites for hydroxylation is 2. The van der Waals surface area contributed by atoms with Crippen molar-refractivity contribution in [2.24, 2.45) is 0 Å². The fourth-order valence-corrected chi connectivity index (χ4v) is 3.62. The van der Waals surface area contributed by atoms with Gasteiger partial charge in [0.1, 0.15) is 4.88 Å². The first-order chi connectivity index (χ1) is 10.1. The van der Waals surface area contributed by atoms with Gasteiger partial charge in [-0.2, -0.15) is 0 Å². The summed E-state index contributed by atoms with van der Waals surface area (Å²) in [4.78, 5) is 25.7. The third-order valence-corrected chi connectivity index (χ3v) is 4.92. The molecule has 0 fully saturated rings. The average Bonchev–Trinajstić information content (AvgIpc) is 3.06. The highest BCUT2D eigenvalue weighted by atomic mass is 35.5. The van der Waals surface area contributed by atoms with Crippen LogP contribution in [0, 0.1) is 0 Å². The van der Waals surface area contributed by atoms with Crippen molar-refractivity contribution in [2.75, 3.05) is 6.61 Å². The molecule has 1 aromatic heterocycles. The van der Waals surface area contributed by atoms with Crippen LogP contribution < -0.4 is 0 Å². The van der Waals surface area contributed by atoms with E-state index in [1.54, 1.807) is 24.3 Å². The lowest BCUT2D eigenvalue weighted by atomic mass is 10.1. The molecule has 0 radical (unpaired) electrons. The number of thiophene rings is 1. The molecule has 108 valence electrons. The number of ketones is 1. The minimum absolute atomic E-state index is 0.232. The topological polar surface area (TPSA) is 43.4 Å². The normalized spacial score (nSPS) is 13.0. The highest BCUT2D eigenvalue weighted by Gasteiger charge is 2.20. The van der Waals surface area contributed by atoms with E-state index in [1.165, 1.54) is 21.8 Å². The highest BCUT2D eigenvalue weighted by Crippen LogP contribution is 2.30. The lowest BCUT2D eigenvalue weighted by molar-refractivity contribution is 0.0479. The van der Waals surface area contributed by atoms with Gasteiger partial charge in [0.15, 0.2) is 12.4 Å². The van der Waals surface area contributed by atoms with Crippen LogP contribution in [0.25, 0.3) is 0 Å². The van der Waals surface area contributed by atoms with E-state index in [4.69, 9.17) is 16.3 Å². The summed E-state index contributed by atoms with van der Waals surface area (Å²) in [5.41, 5.74) is 1.73. The van der Waals surface area contributed by atoms with Crippen molar-refractivity contribution in [3.05, 3.63) is 56.2 Å². The first-order valence-electron chi connectivity index (χ1n) is 6.71. The Labute approximate surface area is 131 Å². The summed E-state index contributed by atoms with van der Waals surface area (Å²) in [6.45, 7) is -0.247. The van der Waals surface area contributed by atoms with Gasteiger partial charge in [-0.3, -0.25) is 4.79 Å². The summed E-state index contributed by atoms with van der Waals surface area (Å²) >= 11 is 7.24. The summed E-state index contributed by atoms with van der Waals surface area (Å²) in [6.07, 6.45) is 3.23. The van der Waals surface area contributed by atoms with E-state index in [2.05, 4.69) is 0 Å². The van der Waals surface area contributed by atoms with Crippen LogP contribution in [0.15, 0.2) is 30.3 Å². The van der Waals surface area contributed by atoms with Gasteiger partial charge in [-0.15, -0.1) is 11.3 Å². The maximum absolute atomic E-state index is 12.0. The Morgan fingerprint density at radius 3 is 2.67 bits per heavy atom. The zero-order chi connectivity index (χ0) is 14.8. The fourth-order valence-electron chi connectivity index (χ4n) is 2.35. The Morgan fingerprint density at radius 1 is 1.19 bits per heavy atom. The largest absolute Gasteiger partial charge is 0.453 e. The Balaban J connectivity index is 1.60. The average molecular weight is 321 g/mol. The molecule has 3 nitrogen and oxygen atoms in total. The van der Waals surface area contributed by atoms with Gasteiger partial charge < -0.3 is 4.74 Å². The van der Waals surface area contributed by atoms with Crippen LogP contribution in [-0.4, -0.2) is 18.4 Å². The molecule has 5 heteroatoms. The molecule has 2 aromatic rings. The minimum atomic E-state index is -0.420. The SMILES string of the molecule is O=C(COC(=O)c1cc2c(s1)CCC2)c1ccc(Cl)cc1. The van der Waals surface area contributed by atoms with E-state index >= 15 is 0 Å². The van der Waals surface area contributed by atoms with E-state index in [0.717, 1.165) is 19.3 Å². The van der Waals surface area contributed by atoms with Crippen LogP contribution in [0.2, 0.25) is 5.02 Å². The molecule has 1 heterocycles. The fraction of sp³-hybridized carbons (Fsp3) is 0.250. The standard InChI is InChI=1S/C16H13ClO3S/c17-12-6-4-10(5-7-12)13(18)9-20-16(19)15-8-11-2-1-3-14(11)21-15/h4-8H,1-3,9H2. The second-order valence-corrected chi connectivity index (χ2v) is 6.49. The number of halogens is 1. The number of fused-ring (bicyclic) bond motifs is 1. The number of esters is 1. The number of hydrogen-bond acceptors (Lipinski definition) is 4. The zero-order valence-electron chi connectivity index (χ0n) is 11.2. The second kappa shape index (κ2) is 6.00. The number of carbonyl (C=O) groups is 2. The van der Waals surface area contributed by atoms with Crippen LogP contribution in [0.3, 0.4) is 0 Å². The Morgan fingerprint density at radius 2 is 1.95 bits per heavy atom. The van der Waals surface area contributed by atoms with Crippen LogP contribution in [0.4, 0.5) is 0 Å². The molecule has 1 aliphatic carbocycles. The minimum Gasteiger partial charge on any atom is -0.453 e. The van der Waals surface area contributed by atoms with Crippen LogP contribution in [0.5, 0.6) is 0 Å². The molecule has 0 N–H and O–H groups in total. The van der Waals surface area contributed by atoms with E-state index in [-0.39, 0.29) is 12.4 Å². The van der Waals surface area contributed by atoms with Gasteiger partial charge in [-0.05, 0) is 55.2 Å².